The molecule has 154 valence electrons. The van der Waals surface area contributed by atoms with Gasteiger partial charge in [0.2, 0.25) is 0 Å². The van der Waals surface area contributed by atoms with Crippen LogP contribution in [0, 0.1) is 0 Å². The van der Waals surface area contributed by atoms with Crippen LogP contribution in [0.15, 0.2) is 24.3 Å². The number of rotatable bonds is 3. The summed E-state index contributed by atoms with van der Waals surface area (Å²) in [5.41, 5.74) is 1.59. The van der Waals surface area contributed by atoms with Crippen molar-refractivity contribution >= 4 is 18.7 Å². The van der Waals surface area contributed by atoms with Crippen molar-refractivity contribution in [3.8, 4) is 0 Å². The number of ether oxygens (including phenoxy) is 1. The molecule has 2 heterocycles. The second kappa shape index (κ2) is 8.05. The summed E-state index contributed by atoms with van der Waals surface area (Å²) in [7, 11) is -0.295. The number of carbonyl (C=O) groups excluding carboxylic acids is 1. The third kappa shape index (κ3) is 5.28. The van der Waals surface area contributed by atoms with E-state index in [0.717, 1.165) is 25.1 Å². The van der Waals surface area contributed by atoms with E-state index >= 15 is 0 Å². The van der Waals surface area contributed by atoms with E-state index in [4.69, 9.17) is 14.0 Å². The van der Waals surface area contributed by atoms with Gasteiger partial charge in [0.05, 0.1) is 11.7 Å². The number of carbonyl (C=O) groups is 1. The molecule has 0 bridgehead atoms. The van der Waals surface area contributed by atoms with Crippen LogP contribution >= 0.6 is 0 Å². The Balaban J connectivity index is 1.49. The van der Waals surface area contributed by atoms with E-state index in [1.54, 1.807) is 4.90 Å². The van der Waals surface area contributed by atoms with E-state index in [1.807, 2.05) is 27.7 Å². The topological polar surface area (TPSA) is 51.2 Å². The summed E-state index contributed by atoms with van der Waals surface area (Å²) in [5, 5.41) is 0. The maximum atomic E-state index is 12.2. The van der Waals surface area contributed by atoms with Gasteiger partial charge in [0.25, 0.3) is 0 Å². The van der Waals surface area contributed by atoms with Crippen molar-refractivity contribution < 1.29 is 18.8 Å². The Kier molecular flexibility index (Phi) is 6.08. The second-order valence-corrected chi connectivity index (χ2v) is 9.32. The fraction of sp³-hybridized carbons (Fsp3) is 0.667. The third-order valence-corrected chi connectivity index (χ3v) is 5.40. The first-order valence-electron chi connectivity index (χ1n) is 10.2. The predicted molar refractivity (Wildman–Crippen MR) is 111 cm³/mol. The molecule has 0 aromatic heterocycles. The van der Waals surface area contributed by atoms with Crippen molar-refractivity contribution in [2.75, 3.05) is 26.2 Å². The summed E-state index contributed by atoms with van der Waals surface area (Å²) in [6.45, 7) is 15.8. The Bertz CT molecular complexity index is 679. The Hall–Kier alpha value is -1.57. The number of benzene rings is 1. The van der Waals surface area contributed by atoms with Gasteiger partial charge in [0.15, 0.2) is 0 Å². The van der Waals surface area contributed by atoms with Crippen LogP contribution in [0.2, 0.25) is 0 Å². The molecule has 28 heavy (non-hydrogen) atoms. The maximum absolute atomic E-state index is 12.2. The van der Waals surface area contributed by atoms with E-state index < -0.39 is 5.60 Å². The third-order valence-electron chi connectivity index (χ3n) is 5.40. The standard InChI is InChI=1S/C21H33BN2O4/c1-16-21(5,6)28-22(27-16)18-9-7-17(8-10-18)15-23-11-13-24(14-12-23)19(25)26-20(2,3)4/h7-10,16H,11-15H2,1-6H3. The van der Waals surface area contributed by atoms with Gasteiger partial charge in [0, 0.05) is 32.7 Å². The van der Waals surface area contributed by atoms with Crippen LogP contribution in [-0.2, 0) is 20.6 Å². The normalized spacial score (nSPS) is 23.1. The lowest BCUT2D eigenvalue weighted by Gasteiger charge is -2.35. The van der Waals surface area contributed by atoms with Crippen molar-refractivity contribution in [2.24, 2.45) is 0 Å². The summed E-state index contributed by atoms with van der Waals surface area (Å²) < 4.78 is 17.4. The highest BCUT2D eigenvalue weighted by Gasteiger charge is 2.43. The fourth-order valence-corrected chi connectivity index (χ4v) is 3.35. The van der Waals surface area contributed by atoms with Gasteiger partial charge in [-0.15, -0.1) is 0 Å². The molecule has 1 unspecified atom stereocenters. The molecule has 1 aromatic rings. The molecule has 3 rings (SSSR count). The van der Waals surface area contributed by atoms with E-state index in [1.165, 1.54) is 5.56 Å². The first-order valence-corrected chi connectivity index (χ1v) is 10.2. The van der Waals surface area contributed by atoms with Gasteiger partial charge in [-0.05, 0) is 52.6 Å². The average molecular weight is 388 g/mol. The average Bonchev–Trinajstić information content (AvgIpc) is 2.88. The van der Waals surface area contributed by atoms with Gasteiger partial charge in [-0.3, -0.25) is 4.90 Å². The number of hydrogen-bond acceptors (Lipinski definition) is 5. The van der Waals surface area contributed by atoms with Gasteiger partial charge in [-0.25, -0.2) is 4.79 Å². The lowest BCUT2D eigenvalue weighted by Crippen LogP contribution is -2.49. The monoisotopic (exact) mass is 388 g/mol. The van der Waals surface area contributed by atoms with Crippen LogP contribution in [0.25, 0.3) is 0 Å². The van der Waals surface area contributed by atoms with Gasteiger partial charge >= 0.3 is 13.2 Å². The first kappa shape index (κ1) is 21.2. The van der Waals surface area contributed by atoms with Crippen LogP contribution in [0.3, 0.4) is 0 Å². The van der Waals surface area contributed by atoms with E-state index in [0.29, 0.717) is 13.1 Å². The van der Waals surface area contributed by atoms with Crippen molar-refractivity contribution in [3.05, 3.63) is 29.8 Å². The molecule has 2 fully saturated rings. The molecule has 7 heteroatoms. The Labute approximate surface area is 169 Å². The van der Waals surface area contributed by atoms with Gasteiger partial charge in [-0.2, -0.15) is 0 Å². The number of hydrogen-bond donors (Lipinski definition) is 0. The lowest BCUT2D eigenvalue weighted by atomic mass is 9.79. The fourth-order valence-electron chi connectivity index (χ4n) is 3.35. The molecule has 1 aromatic carbocycles. The molecule has 1 atom stereocenters. The van der Waals surface area contributed by atoms with Crippen molar-refractivity contribution in [3.63, 3.8) is 0 Å². The van der Waals surface area contributed by atoms with Gasteiger partial charge in [-0.1, -0.05) is 24.3 Å². The lowest BCUT2D eigenvalue weighted by molar-refractivity contribution is 0.0139. The predicted octanol–water partition coefficient (Wildman–Crippen LogP) is 2.65. The van der Waals surface area contributed by atoms with Crippen LogP contribution in [-0.4, -0.2) is 66.5 Å². The highest BCUT2D eigenvalue weighted by Crippen LogP contribution is 2.26. The molecule has 1 amide bonds. The summed E-state index contributed by atoms with van der Waals surface area (Å²) in [4.78, 5) is 16.3. The highest BCUT2D eigenvalue weighted by molar-refractivity contribution is 6.61. The maximum Gasteiger partial charge on any atom is 0.494 e. The minimum absolute atomic E-state index is 0.0680. The van der Waals surface area contributed by atoms with Crippen molar-refractivity contribution in [1.29, 1.82) is 0 Å². The smallest absolute Gasteiger partial charge is 0.444 e. The molecule has 0 N–H and O–H groups in total. The van der Waals surface area contributed by atoms with Crippen LogP contribution < -0.4 is 5.46 Å². The molecular weight excluding hydrogens is 355 g/mol. The number of amides is 1. The van der Waals surface area contributed by atoms with Crippen molar-refractivity contribution in [1.82, 2.24) is 9.80 Å². The Morgan fingerprint density at radius 1 is 1.18 bits per heavy atom. The largest absolute Gasteiger partial charge is 0.494 e. The molecular formula is C21H33BN2O4. The summed E-state index contributed by atoms with van der Waals surface area (Å²) in [5.74, 6) is 0. The number of nitrogens with zero attached hydrogens (tertiary/aromatic N) is 2. The first-order chi connectivity index (χ1) is 13.0. The van der Waals surface area contributed by atoms with Crippen molar-refractivity contribution in [2.45, 2.75) is 65.4 Å². The van der Waals surface area contributed by atoms with Crippen LogP contribution in [0.1, 0.15) is 47.1 Å². The van der Waals surface area contributed by atoms with E-state index in [9.17, 15) is 4.79 Å². The number of piperazine rings is 1. The molecule has 0 aliphatic carbocycles. The molecule has 2 aliphatic rings. The van der Waals surface area contributed by atoms with Crippen LogP contribution in [0.4, 0.5) is 4.79 Å². The zero-order valence-corrected chi connectivity index (χ0v) is 18.0. The summed E-state index contributed by atoms with van der Waals surface area (Å²) in [6, 6.07) is 8.45. The minimum atomic E-state index is -0.449. The van der Waals surface area contributed by atoms with Gasteiger partial charge < -0.3 is 18.9 Å². The zero-order valence-electron chi connectivity index (χ0n) is 18.0. The molecule has 2 saturated heterocycles. The molecule has 0 spiro atoms. The van der Waals surface area contributed by atoms with E-state index in [-0.39, 0.29) is 24.9 Å². The summed E-state index contributed by atoms with van der Waals surface area (Å²) >= 11 is 0. The quantitative estimate of drug-likeness (QED) is 0.746. The summed E-state index contributed by atoms with van der Waals surface area (Å²) in [6.07, 6.45) is -0.149. The highest BCUT2D eigenvalue weighted by atomic mass is 16.7. The Morgan fingerprint density at radius 2 is 1.79 bits per heavy atom. The molecule has 2 aliphatic heterocycles. The molecule has 0 saturated carbocycles. The molecule has 6 nitrogen and oxygen atoms in total. The minimum Gasteiger partial charge on any atom is -0.444 e. The second-order valence-electron chi connectivity index (χ2n) is 9.32. The Morgan fingerprint density at radius 3 is 2.29 bits per heavy atom. The molecule has 0 radical (unpaired) electrons. The van der Waals surface area contributed by atoms with Gasteiger partial charge in [0.1, 0.15) is 5.60 Å². The zero-order chi connectivity index (χ0) is 20.5. The van der Waals surface area contributed by atoms with E-state index in [2.05, 4.69) is 43.0 Å². The SMILES string of the molecule is CC1OB(c2ccc(CN3CCN(C(=O)OC(C)(C)C)CC3)cc2)OC1(C)C. The van der Waals surface area contributed by atoms with Crippen LogP contribution in [0.5, 0.6) is 0 Å².